The summed E-state index contributed by atoms with van der Waals surface area (Å²) in [6.45, 7) is 0.285. The first-order valence-corrected chi connectivity index (χ1v) is 12.1. The van der Waals surface area contributed by atoms with E-state index in [1.54, 1.807) is 6.07 Å². The largest absolute Gasteiger partial charge is 0.388 e. The van der Waals surface area contributed by atoms with Crippen LogP contribution in [0, 0.1) is 0 Å². The van der Waals surface area contributed by atoms with Crippen LogP contribution in [-0.2, 0) is 4.79 Å². The number of nitrogens with one attached hydrogen (secondary N) is 2. The molecule has 0 atom stereocenters. The smallest absolute Gasteiger partial charge is 0.252 e. The van der Waals surface area contributed by atoms with Crippen LogP contribution in [0.25, 0.3) is 0 Å². The highest BCUT2D eigenvalue weighted by molar-refractivity contribution is 8.00. The molecule has 0 aromatic heterocycles. The summed E-state index contributed by atoms with van der Waals surface area (Å²) < 4.78 is 0. The fraction of sp³-hybridized carbons (Fsp3) is 0.652. The minimum Gasteiger partial charge on any atom is -0.388 e. The molecule has 0 saturated heterocycles. The molecule has 0 bridgehead atoms. The molecule has 0 aliphatic heterocycles. The molecule has 1 aromatic carbocycles. The zero-order valence-corrected chi connectivity index (χ0v) is 18.1. The van der Waals surface area contributed by atoms with Gasteiger partial charge in [0.1, 0.15) is 0 Å². The highest BCUT2D eigenvalue weighted by Gasteiger charge is 2.31. The van der Waals surface area contributed by atoms with Crippen LogP contribution in [0.15, 0.2) is 29.2 Å². The van der Waals surface area contributed by atoms with Crippen LogP contribution in [0.3, 0.4) is 0 Å². The molecular weight excluding hydrogens is 384 g/mol. The van der Waals surface area contributed by atoms with E-state index >= 15 is 0 Å². The van der Waals surface area contributed by atoms with Crippen molar-refractivity contribution in [1.82, 2.24) is 10.6 Å². The van der Waals surface area contributed by atoms with Gasteiger partial charge in [0.05, 0.1) is 16.9 Å². The van der Waals surface area contributed by atoms with Gasteiger partial charge in [0, 0.05) is 17.5 Å². The van der Waals surface area contributed by atoms with Gasteiger partial charge >= 0.3 is 0 Å². The summed E-state index contributed by atoms with van der Waals surface area (Å²) in [6, 6.07) is 7.67. The predicted molar refractivity (Wildman–Crippen MR) is 117 cm³/mol. The van der Waals surface area contributed by atoms with Gasteiger partial charge in [-0.25, -0.2) is 0 Å². The lowest BCUT2D eigenvalue weighted by molar-refractivity contribution is -0.119. The Bertz CT molecular complexity index is 680. The number of carbonyl (C=O) groups is 2. The number of amides is 2. The Hall–Kier alpha value is -1.53. The van der Waals surface area contributed by atoms with E-state index in [0.29, 0.717) is 11.3 Å². The van der Waals surface area contributed by atoms with E-state index < -0.39 is 5.60 Å². The van der Waals surface area contributed by atoms with Gasteiger partial charge in [-0.1, -0.05) is 57.1 Å². The minimum atomic E-state index is -0.769. The second-order valence-electron chi connectivity index (χ2n) is 8.51. The first-order chi connectivity index (χ1) is 14.1. The van der Waals surface area contributed by atoms with Crippen LogP contribution in [-0.4, -0.2) is 40.9 Å². The Morgan fingerprint density at radius 1 is 1.00 bits per heavy atom. The molecule has 2 aliphatic carbocycles. The third kappa shape index (κ3) is 7.03. The first-order valence-electron chi connectivity index (χ1n) is 11.1. The van der Waals surface area contributed by atoms with Crippen LogP contribution < -0.4 is 10.6 Å². The van der Waals surface area contributed by atoms with Crippen LogP contribution in [0.4, 0.5) is 0 Å². The van der Waals surface area contributed by atoms with E-state index in [1.807, 2.05) is 18.2 Å². The molecule has 5 nitrogen and oxygen atoms in total. The van der Waals surface area contributed by atoms with E-state index in [0.717, 1.165) is 43.4 Å². The predicted octanol–water partition coefficient (Wildman–Crippen LogP) is 4.04. The second kappa shape index (κ2) is 11.0. The summed E-state index contributed by atoms with van der Waals surface area (Å²) in [5.41, 5.74) is -0.201. The number of rotatable bonds is 7. The molecule has 2 aliphatic rings. The molecule has 2 saturated carbocycles. The highest BCUT2D eigenvalue weighted by atomic mass is 32.2. The monoisotopic (exact) mass is 418 g/mol. The van der Waals surface area contributed by atoms with Gasteiger partial charge in [0.15, 0.2) is 0 Å². The highest BCUT2D eigenvalue weighted by Crippen LogP contribution is 2.29. The zero-order chi connectivity index (χ0) is 20.5. The number of aliphatic hydroxyl groups is 1. The fourth-order valence-corrected chi connectivity index (χ4v) is 5.20. The van der Waals surface area contributed by atoms with Gasteiger partial charge in [0.25, 0.3) is 5.91 Å². The van der Waals surface area contributed by atoms with Crippen molar-refractivity contribution in [3.8, 4) is 0 Å². The Morgan fingerprint density at radius 2 is 1.66 bits per heavy atom. The average molecular weight is 419 g/mol. The third-order valence-electron chi connectivity index (χ3n) is 6.07. The molecule has 1 aromatic rings. The lowest BCUT2D eigenvalue weighted by Gasteiger charge is -2.22. The van der Waals surface area contributed by atoms with E-state index in [2.05, 4.69) is 10.6 Å². The quantitative estimate of drug-likeness (QED) is 0.584. The summed E-state index contributed by atoms with van der Waals surface area (Å²) in [4.78, 5) is 25.9. The molecule has 2 fully saturated rings. The fourth-order valence-electron chi connectivity index (χ4n) is 4.34. The summed E-state index contributed by atoms with van der Waals surface area (Å²) in [7, 11) is 0. The van der Waals surface area contributed by atoms with Gasteiger partial charge in [0.2, 0.25) is 5.91 Å². The molecule has 2 amide bonds. The maximum Gasteiger partial charge on any atom is 0.252 e. The molecule has 0 spiro atoms. The molecule has 0 radical (unpaired) electrons. The van der Waals surface area contributed by atoms with Crippen molar-refractivity contribution in [2.24, 2.45) is 0 Å². The van der Waals surface area contributed by atoms with E-state index in [4.69, 9.17) is 0 Å². The van der Waals surface area contributed by atoms with Crippen molar-refractivity contribution in [3.63, 3.8) is 0 Å². The topological polar surface area (TPSA) is 78.4 Å². The van der Waals surface area contributed by atoms with Crippen LogP contribution in [0.1, 0.15) is 81.0 Å². The zero-order valence-electron chi connectivity index (χ0n) is 17.3. The van der Waals surface area contributed by atoms with E-state index in [9.17, 15) is 14.7 Å². The normalized spacial score (nSPS) is 19.9. The summed E-state index contributed by atoms with van der Waals surface area (Å²) in [5.74, 6) is 0.162. The van der Waals surface area contributed by atoms with Gasteiger partial charge in [-0.05, 0) is 37.8 Å². The van der Waals surface area contributed by atoms with Gasteiger partial charge in [-0.3, -0.25) is 9.59 Å². The lowest BCUT2D eigenvalue weighted by Crippen LogP contribution is -2.40. The van der Waals surface area contributed by atoms with Gasteiger partial charge in [-0.15, -0.1) is 11.8 Å². The standard InChI is InChI=1S/C23H34N2O3S/c26-21(25-18-10-4-2-1-3-5-11-18)16-29-20-13-7-6-12-19(20)22(27)24-17-23(28)14-8-9-15-23/h6-7,12-13,18,28H,1-5,8-11,14-17H2,(H,24,27)(H,25,26). The number of hydrogen-bond acceptors (Lipinski definition) is 4. The van der Waals surface area contributed by atoms with Crippen LogP contribution in [0.2, 0.25) is 0 Å². The molecule has 0 unspecified atom stereocenters. The Labute approximate surface area is 178 Å². The number of hydrogen-bond donors (Lipinski definition) is 3. The van der Waals surface area contributed by atoms with E-state index in [-0.39, 0.29) is 24.4 Å². The van der Waals surface area contributed by atoms with Crippen molar-refractivity contribution in [2.45, 2.75) is 87.2 Å². The second-order valence-corrected chi connectivity index (χ2v) is 9.53. The minimum absolute atomic E-state index is 0.0380. The molecular formula is C23H34N2O3S. The third-order valence-corrected chi connectivity index (χ3v) is 7.15. The molecule has 0 heterocycles. The van der Waals surface area contributed by atoms with Crippen molar-refractivity contribution >= 4 is 23.6 Å². The molecule has 160 valence electrons. The molecule has 6 heteroatoms. The molecule has 3 N–H and O–H groups in total. The summed E-state index contributed by atoms with van der Waals surface area (Å²) in [5, 5.41) is 16.5. The summed E-state index contributed by atoms with van der Waals surface area (Å²) >= 11 is 1.40. The Morgan fingerprint density at radius 3 is 2.38 bits per heavy atom. The summed E-state index contributed by atoms with van der Waals surface area (Å²) in [6.07, 6.45) is 11.8. The first kappa shape index (κ1) is 22.2. The number of carbonyl (C=O) groups excluding carboxylic acids is 2. The Balaban J connectivity index is 1.50. The van der Waals surface area contributed by atoms with Crippen molar-refractivity contribution in [3.05, 3.63) is 29.8 Å². The average Bonchev–Trinajstić information content (AvgIpc) is 3.13. The van der Waals surface area contributed by atoms with Crippen molar-refractivity contribution in [2.75, 3.05) is 12.3 Å². The van der Waals surface area contributed by atoms with Gasteiger partial charge in [-0.2, -0.15) is 0 Å². The molecule has 29 heavy (non-hydrogen) atoms. The number of benzene rings is 1. The van der Waals surface area contributed by atoms with Crippen molar-refractivity contribution < 1.29 is 14.7 Å². The Kier molecular flexibility index (Phi) is 8.42. The van der Waals surface area contributed by atoms with Crippen LogP contribution in [0.5, 0.6) is 0 Å². The maximum absolute atomic E-state index is 12.7. The maximum atomic E-state index is 12.7. The number of thioether (sulfide) groups is 1. The van der Waals surface area contributed by atoms with E-state index in [1.165, 1.54) is 43.9 Å². The SMILES string of the molecule is O=C(CSc1ccccc1C(=O)NCC1(O)CCCC1)NC1CCCCCCC1. The van der Waals surface area contributed by atoms with Gasteiger partial charge < -0.3 is 15.7 Å². The lowest BCUT2D eigenvalue weighted by atomic mass is 9.97. The molecule has 3 rings (SSSR count). The van der Waals surface area contributed by atoms with Crippen LogP contribution >= 0.6 is 11.8 Å². The van der Waals surface area contributed by atoms with Crippen molar-refractivity contribution in [1.29, 1.82) is 0 Å².